The lowest BCUT2D eigenvalue weighted by molar-refractivity contribution is -0.0355. The first-order valence-electron chi connectivity index (χ1n) is 8.13. The lowest BCUT2D eigenvalue weighted by Gasteiger charge is -2.39. The Bertz CT molecular complexity index is 759. The Hall–Kier alpha value is -1.55. The molecule has 3 rings (SSSR count). The van der Waals surface area contributed by atoms with Gasteiger partial charge in [-0.1, -0.05) is 41.4 Å². The van der Waals surface area contributed by atoms with Crippen LogP contribution in [0, 0.1) is 6.92 Å². The highest BCUT2D eigenvalue weighted by Crippen LogP contribution is 2.39. The lowest BCUT2D eigenvalue weighted by atomic mass is 9.80. The van der Waals surface area contributed by atoms with E-state index < -0.39 is 5.60 Å². The highest BCUT2D eigenvalue weighted by atomic mass is 35.5. The van der Waals surface area contributed by atoms with Crippen LogP contribution in [0.1, 0.15) is 33.5 Å². The SMILES string of the molecule is Cc1ccc2c(c1)CC(CCN(C)C)(c1ccc(Cl)cc1)OC2=O.Cl. The van der Waals surface area contributed by atoms with Gasteiger partial charge in [-0.25, -0.2) is 4.79 Å². The first kappa shape index (κ1) is 19.8. The third-order valence-corrected chi connectivity index (χ3v) is 4.83. The summed E-state index contributed by atoms with van der Waals surface area (Å²) in [4.78, 5) is 14.7. The van der Waals surface area contributed by atoms with E-state index in [9.17, 15) is 4.79 Å². The van der Waals surface area contributed by atoms with Gasteiger partial charge in [0.2, 0.25) is 0 Å². The number of benzene rings is 2. The highest BCUT2D eigenvalue weighted by molar-refractivity contribution is 6.30. The molecule has 0 radical (unpaired) electrons. The average Bonchev–Trinajstić information content (AvgIpc) is 2.53. The zero-order valence-electron chi connectivity index (χ0n) is 14.7. The first-order valence-corrected chi connectivity index (χ1v) is 8.51. The molecular formula is C20H23Cl2NO2. The van der Waals surface area contributed by atoms with Crippen LogP contribution in [0.4, 0.5) is 0 Å². The molecule has 134 valence electrons. The van der Waals surface area contributed by atoms with Gasteiger partial charge in [0.15, 0.2) is 0 Å². The summed E-state index contributed by atoms with van der Waals surface area (Å²) in [7, 11) is 4.05. The molecule has 0 N–H and O–H groups in total. The number of cyclic esters (lactones) is 1. The van der Waals surface area contributed by atoms with E-state index in [1.165, 1.54) is 0 Å². The second kappa shape index (κ2) is 7.77. The van der Waals surface area contributed by atoms with Crippen molar-refractivity contribution in [1.82, 2.24) is 4.90 Å². The van der Waals surface area contributed by atoms with Crippen LogP contribution in [-0.4, -0.2) is 31.5 Å². The Kier molecular flexibility index (Phi) is 6.15. The van der Waals surface area contributed by atoms with E-state index in [0.29, 0.717) is 17.0 Å². The normalized spacial score (nSPS) is 19.2. The third kappa shape index (κ3) is 4.17. The zero-order chi connectivity index (χ0) is 17.3. The van der Waals surface area contributed by atoms with Gasteiger partial charge in [-0.05, 0) is 50.3 Å². The minimum Gasteiger partial charge on any atom is -0.450 e. The summed E-state index contributed by atoms with van der Waals surface area (Å²) in [6, 6.07) is 13.6. The monoisotopic (exact) mass is 379 g/mol. The van der Waals surface area contributed by atoms with E-state index in [4.69, 9.17) is 16.3 Å². The maximum atomic E-state index is 12.6. The molecule has 5 heteroatoms. The number of nitrogens with zero attached hydrogens (tertiary/aromatic N) is 1. The molecule has 0 aliphatic carbocycles. The Labute approximate surface area is 160 Å². The van der Waals surface area contributed by atoms with Crippen molar-refractivity contribution in [3.05, 3.63) is 69.7 Å². The van der Waals surface area contributed by atoms with Crippen molar-refractivity contribution in [2.75, 3.05) is 20.6 Å². The summed E-state index contributed by atoms with van der Waals surface area (Å²) in [5.74, 6) is -0.245. The number of hydrogen-bond acceptors (Lipinski definition) is 3. The number of fused-ring (bicyclic) bond motifs is 1. The Balaban J connectivity index is 0.00000225. The van der Waals surface area contributed by atoms with Crippen molar-refractivity contribution in [2.24, 2.45) is 0 Å². The summed E-state index contributed by atoms with van der Waals surface area (Å²) in [5, 5.41) is 0.680. The van der Waals surface area contributed by atoms with Crippen LogP contribution >= 0.6 is 24.0 Å². The third-order valence-electron chi connectivity index (χ3n) is 4.58. The van der Waals surface area contributed by atoms with Crippen molar-refractivity contribution >= 4 is 30.0 Å². The van der Waals surface area contributed by atoms with Crippen LogP contribution in [0.15, 0.2) is 42.5 Å². The van der Waals surface area contributed by atoms with Crippen molar-refractivity contribution < 1.29 is 9.53 Å². The van der Waals surface area contributed by atoms with Gasteiger partial charge in [-0.2, -0.15) is 0 Å². The molecule has 0 saturated carbocycles. The Morgan fingerprint density at radius 1 is 1.16 bits per heavy atom. The fraction of sp³-hybridized carbons (Fsp3) is 0.350. The molecule has 0 amide bonds. The quantitative estimate of drug-likeness (QED) is 0.725. The molecule has 3 nitrogen and oxygen atoms in total. The minimum absolute atomic E-state index is 0. The summed E-state index contributed by atoms with van der Waals surface area (Å²) < 4.78 is 6.01. The van der Waals surface area contributed by atoms with Gasteiger partial charge in [0.1, 0.15) is 5.60 Å². The molecule has 25 heavy (non-hydrogen) atoms. The molecule has 0 aromatic heterocycles. The molecule has 1 heterocycles. The predicted molar refractivity (Wildman–Crippen MR) is 104 cm³/mol. The van der Waals surface area contributed by atoms with E-state index in [1.807, 2.05) is 57.4 Å². The smallest absolute Gasteiger partial charge is 0.339 e. The molecule has 1 aliphatic heterocycles. The Morgan fingerprint density at radius 2 is 1.84 bits per heavy atom. The molecule has 0 fully saturated rings. The number of ether oxygens (including phenoxy) is 1. The number of rotatable bonds is 4. The number of hydrogen-bond donors (Lipinski definition) is 0. The zero-order valence-corrected chi connectivity index (χ0v) is 16.3. The maximum absolute atomic E-state index is 12.6. The Morgan fingerprint density at radius 3 is 2.48 bits per heavy atom. The van der Waals surface area contributed by atoms with Gasteiger partial charge in [0.25, 0.3) is 0 Å². The van der Waals surface area contributed by atoms with Crippen molar-refractivity contribution in [3.8, 4) is 0 Å². The molecule has 1 atom stereocenters. The first-order chi connectivity index (χ1) is 11.4. The summed E-state index contributed by atoms with van der Waals surface area (Å²) in [6.45, 7) is 2.88. The standard InChI is InChI=1S/C20H22ClNO2.ClH/c1-14-4-9-18-15(12-14)13-20(24-19(18)23,10-11-22(2)3)16-5-7-17(21)8-6-16;/h4-9,12H,10-11,13H2,1-3H3;1H. The minimum atomic E-state index is -0.646. The van der Waals surface area contributed by atoms with Crippen molar-refractivity contribution in [2.45, 2.75) is 25.4 Å². The molecular weight excluding hydrogens is 357 g/mol. The summed E-state index contributed by atoms with van der Waals surface area (Å²) in [6.07, 6.45) is 1.42. The second-order valence-electron chi connectivity index (χ2n) is 6.78. The molecule has 2 aromatic carbocycles. The van der Waals surface area contributed by atoms with Crippen molar-refractivity contribution in [3.63, 3.8) is 0 Å². The number of halogens is 2. The topological polar surface area (TPSA) is 29.5 Å². The van der Waals surface area contributed by atoms with E-state index in [1.54, 1.807) is 0 Å². The number of aryl methyl sites for hydroxylation is 1. The summed E-state index contributed by atoms with van der Waals surface area (Å²) >= 11 is 6.04. The molecule has 2 aromatic rings. The molecule has 0 saturated heterocycles. The number of esters is 1. The molecule has 0 bridgehead atoms. The average molecular weight is 380 g/mol. The van der Waals surface area contributed by atoms with Gasteiger partial charge in [-0.15, -0.1) is 12.4 Å². The fourth-order valence-electron chi connectivity index (χ4n) is 3.25. The van der Waals surface area contributed by atoms with Gasteiger partial charge >= 0.3 is 5.97 Å². The molecule has 1 aliphatic rings. The second-order valence-corrected chi connectivity index (χ2v) is 7.22. The van der Waals surface area contributed by atoms with E-state index in [-0.39, 0.29) is 18.4 Å². The molecule has 1 unspecified atom stereocenters. The fourth-order valence-corrected chi connectivity index (χ4v) is 3.37. The maximum Gasteiger partial charge on any atom is 0.339 e. The number of carbonyl (C=O) groups excluding carboxylic acids is 1. The van der Waals surface area contributed by atoms with Crippen LogP contribution in [0.25, 0.3) is 0 Å². The van der Waals surface area contributed by atoms with Gasteiger partial charge < -0.3 is 9.64 Å². The van der Waals surface area contributed by atoms with Crippen LogP contribution in [-0.2, 0) is 16.8 Å². The van der Waals surface area contributed by atoms with Crippen LogP contribution in [0.5, 0.6) is 0 Å². The van der Waals surface area contributed by atoms with Crippen LogP contribution < -0.4 is 0 Å². The van der Waals surface area contributed by atoms with Crippen LogP contribution in [0.2, 0.25) is 5.02 Å². The van der Waals surface area contributed by atoms with Crippen LogP contribution in [0.3, 0.4) is 0 Å². The largest absolute Gasteiger partial charge is 0.450 e. The molecule has 0 spiro atoms. The van der Waals surface area contributed by atoms with Crippen molar-refractivity contribution in [1.29, 1.82) is 0 Å². The van der Waals surface area contributed by atoms with E-state index in [2.05, 4.69) is 11.0 Å². The van der Waals surface area contributed by atoms with E-state index in [0.717, 1.165) is 29.7 Å². The van der Waals surface area contributed by atoms with E-state index >= 15 is 0 Å². The summed E-state index contributed by atoms with van der Waals surface area (Å²) in [5.41, 5.74) is 3.23. The highest BCUT2D eigenvalue weighted by Gasteiger charge is 2.41. The van der Waals surface area contributed by atoms with Gasteiger partial charge in [0, 0.05) is 24.4 Å². The predicted octanol–water partition coefficient (Wildman–Crippen LogP) is 4.63. The lowest BCUT2D eigenvalue weighted by Crippen LogP contribution is -2.41. The van der Waals surface area contributed by atoms with Gasteiger partial charge in [0.05, 0.1) is 5.56 Å². The van der Waals surface area contributed by atoms with Gasteiger partial charge in [-0.3, -0.25) is 0 Å². The number of carbonyl (C=O) groups is 1.